The first-order valence-electron chi connectivity index (χ1n) is 7.64. The number of hydrogen-bond donors (Lipinski definition) is 1. The van der Waals surface area contributed by atoms with Gasteiger partial charge in [-0.05, 0) is 25.7 Å². The summed E-state index contributed by atoms with van der Waals surface area (Å²) in [6, 6.07) is 0. The predicted molar refractivity (Wildman–Crippen MR) is 86.8 cm³/mol. The molecule has 0 aromatic carbocycles. The molecular weight excluding hydrogens is 248 g/mol. The highest BCUT2D eigenvalue weighted by atomic mass is 16.4. The molecule has 2 heteroatoms. The molecule has 0 heterocycles. The van der Waals surface area contributed by atoms with Crippen molar-refractivity contribution in [2.24, 2.45) is 0 Å². The zero-order valence-corrected chi connectivity index (χ0v) is 12.6. The molecule has 0 aliphatic rings. The standard InChI is InChI=1S/C18H28O2/c1-2-3-4-5-6-7-8-9-10-11-12-13-14-15-16-17-18(19)20/h4-11H,2-3,12-17H2,1H3,(H,19,20)/b5-4+,7-6-,9-8-,11-10-. The van der Waals surface area contributed by atoms with E-state index in [-0.39, 0.29) is 0 Å². The molecule has 0 atom stereocenters. The summed E-state index contributed by atoms with van der Waals surface area (Å²) in [4.78, 5) is 10.3. The maximum Gasteiger partial charge on any atom is 0.303 e. The van der Waals surface area contributed by atoms with Gasteiger partial charge in [-0.25, -0.2) is 0 Å². The third kappa shape index (κ3) is 16.4. The van der Waals surface area contributed by atoms with Crippen LogP contribution in [-0.2, 0) is 4.79 Å². The van der Waals surface area contributed by atoms with Gasteiger partial charge in [0.2, 0.25) is 0 Å². The number of carboxylic acid groups (broad SMARTS) is 1. The van der Waals surface area contributed by atoms with Crippen molar-refractivity contribution in [3.63, 3.8) is 0 Å². The molecule has 2 nitrogen and oxygen atoms in total. The van der Waals surface area contributed by atoms with Gasteiger partial charge in [-0.1, -0.05) is 74.8 Å². The largest absolute Gasteiger partial charge is 0.481 e. The first-order valence-corrected chi connectivity index (χ1v) is 7.64. The lowest BCUT2D eigenvalue weighted by molar-refractivity contribution is -0.137. The Kier molecular flexibility index (Phi) is 14.3. The predicted octanol–water partition coefficient (Wildman–Crippen LogP) is 5.44. The van der Waals surface area contributed by atoms with E-state index in [1.165, 1.54) is 6.42 Å². The van der Waals surface area contributed by atoms with Gasteiger partial charge in [0.25, 0.3) is 0 Å². The quantitative estimate of drug-likeness (QED) is 0.381. The van der Waals surface area contributed by atoms with Crippen LogP contribution in [0.2, 0.25) is 0 Å². The highest BCUT2D eigenvalue weighted by molar-refractivity contribution is 5.66. The molecule has 0 saturated carbocycles. The molecule has 112 valence electrons. The van der Waals surface area contributed by atoms with Gasteiger partial charge in [0, 0.05) is 6.42 Å². The third-order valence-electron chi connectivity index (χ3n) is 2.79. The van der Waals surface area contributed by atoms with Crippen molar-refractivity contribution < 1.29 is 9.90 Å². The third-order valence-corrected chi connectivity index (χ3v) is 2.79. The number of unbranched alkanes of at least 4 members (excludes halogenated alkanes) is 5. The summed E-state index contributed by atoms with van der Waals surface area (Å²) in [6.45, 7) is 2.17. The monoisotopic (exact) mass is 276 g/mol. The summed E-state index contributed by atoms with van der Waals surface area (Å²) in [7, 11) is 0. The second-order valence-corrected chi connectivity index (χ2v) is 4.76. The molecule has 20 heavy (non-hydrogen) atoms. The molecule has 0 aromatic rings. The molecule has 0 bridgehead atoms. The van der Waals surface area contributed by atoms with E-state index in [0.717, 1.165) is 38.5 Å². The Hall–Kier alpha value is -1.57. The molecule has 0 saturated heterocycles. The lowest BCUT2D eigenvalue weighted by atomic mass is 10.1. The number of hydrogen-bond acceptors (Lipinski definition) is 1. The van der Waals surface area contributed by atoms with Crippen LogP contribution in [0, 0.1) is 0 Å². The van der Waals surface area contributed by atoms with Crippen LogP contribution in [0.5, 0.6) is 0 Å². The van der Waals surface area contributed by atoms with E-state index in [9.17, 15) is 4.79 Å². The van der Waals surface area contributed by atoms with Crippen molar-refractivity contribution in [2.75, 3.05) is 0 Å². The van der Waals surface area contributed by atoms with E-state index in [2.05, 4.69) is 31.2 Å². The van der Waals surface area contributed by atoms with Crippen LogP contribution in [0.1, 0.15) is 58.3 Å². The van der Waals surface area contributed by atoms with Crippen LogP contribution in [0.3, 0.4) is 0 Å². The van der Waals surface area contributed by atoms with Crippen LogP contribution in [0.4, 0.5) is 0 Å². The van der Waals surface area contributed by atoms with Gasteiger partial charge in [0.05, 0.1) is 0 Å². The molecule has 0 rings (SSSR count). The average Bonchev–Trinajstić information content (AvgIpc) is 2.43. The van der Waals surface area contributed by atoms with Crippen molar-refractivity contribution in [1.82, 2.24) is 0 Å². The second-order valence-electron chi connectivity index (χ2n) is 4.76. The van der Waals surface area contributed by atoms with Crippen LogP contribution in [0.15, 0.2) is 48.6 Å². The number of rotatable bonds is 12. The maximum atomic E-state index is 10.3. The Labute approximate surface area is 123 Å². The summed E-state index contributed by atoms with van der Waals surface area (Å²) in [5.41, 5.74) is 0. The summed E-state index contributed by atoms with van der Waals surface area (Å²) >= 11 is 0. The highest BCUT2D eigenvalue weighted by Gasteiger charge is 1.95. The fraction of sp³-hybridized carbons (Fsp3) is 0.500. The molecular formula is C18H28O2. The highest BCUT2D eigenvalue weighted by Crippen LogP contribution is 2.05. The van der Waals surface area contributed by atoms with Gasteiger partial charge in [0.15, 0.2) is 0 Å². The molecule has 0 aliphatic carbocycles. The average molecular weight is 276 g/mol. The van der Waals surface area contributed by atoms with Gasteiger partial charge in [-0.3, -0.25) is 4.79 Å². The van der Waals surface area contributed by atoms with Crippen molar-refractivity contribution in [3.8, 4) is 0 Å². The second kappa shape index (κ2) is 15.5. The molecule has 0 amide bonds. The molecule has 0 aliphatic heterocycles. The van der Waals surface area contributed by atoms with Gasteiger partial charge in [-0.15, -0.1) is 0 Å². The lowest BCUT2D eigenvalue weighted by Crippen LogP contribution is -1.93. The molecule has 0 fully saturated rings. The number of carboxylic acids is 1. The van der Waals surface area contributed by atoms with Crippen molar-refractivity contribution in [3.05, 3.63) is 48.6 Å². The van der Waals surface area contributed by atoms with Crippen LogP contribution in [0.25, 0.3) is 0 Å². The Morgan fingerprint density at radius 1 is 0.800 bits per heavy atom. The minimum atomic E-state index is -0.687. The van der Waals surface area contributed by atoms with Crippen molar-refractivity contribution in [1.29, 1.82) is 0 Å². The van der Waals surface area contributed by atoms with Gasteiger partial charge < -0.3 is 5.11 Å². The van der Waals surface area contributed by atoms with Gasteiger partial charge in [0.1, 0.15) is 0 Å². The van der Waals surface area contributed by atoms with Gasteiger partial charge in [-0.2, -0.15) is 0 Å². The fourth-order valence-corrected chi connectivity index (χ4v) is 1.66. The van der Waals surface area contributed by atoms with E-state index >= 15 is 0 Å². The van der Waals surface area contributed by atoms with Crippen LogP contribution >= 0.6 is 0 Å². The smallest absolute Gasteiger partial charge is 0.303 e. The minimum Gasteiger partial charge on any atom is -0.481 e. The summed E-state index contributed by atoms with van der Waals surface area (Å²) < 4.78 is 0. The fourth-order valence-electron chi connectivity index (χ4n) is 1.66. The molecule has 0 unspecified atom stereocenters. The summed E-state index contributed by atoms with van der Waals surface area (Å²) in [6.07, 6.45) is 24.4. The van der Waals surface area contributed by atoms with E-state index in [0.29, 0.717) is 6.42 Å². The van der Waals surface area contributed by atoms with E-state index in [4.69, 9.17) is 5.11 Å². The van der Waals surface area contributed by atoms with Gasteiger partial charge >= 0.3 is 5.97 Å². The molecule has 1 N–H and O–H groups in total. The zero-order valence-electron chi connectivity index (χ0n) is 12.6. The van der Waals surface area contributed by atoms with E-state index < -0.39 is 5.97 Å². The van der Waals surface area contributed by atoms with Crippen LogP contribution in [-0.4, -0.2) is 11.1 Å². The number of carbonyl (C=O) groups is 1. The molecule has 0 aromatic heterocycles. The topological polar surface area (TPSA) is 37.3 Å². The first-order chi connectivity index (χ1) is 9.77. The number of allylic oxidation sites excluding steroid dienone is 8. The zero-order chi connectivity index (χ0) is 14.9. The van der Waals surface area contributed by atoms with E-state index in [1.807, 2.05) is 24.3 Å². The molecule has 0 spiro atoms. The minimum absolute atomic E-state index is 0.303. The maximum absolute atomic E-state index is 10.3. The van der Waals surface area contributed by atoms with Crippen molar-refractivity contribution >= 4 is 5.97 Å². The Morgan fingerprint density at radius 3 is 1.95 bits per heavy atom. The SMILES string of the molecule is CCC/C=C/C=C\C=C/C=C\CCCCCCC(=O)O. The van der Waals surface area contributed by atoms with Crippen LogP contribution < -0.4 is 0 Å². The Balaban J connectivity index is 3.41. The Bertz CT molecular complexity index is 335. The normalized spacial score (nSPS) is 12.4. The first kappa shape index (κ1) is 18.4. The van der Waals surface area contributed by atoms with Crippen molar-refractivity contribution in [2.45, 2.75) is 58.3 Å². The summed E-state index contributed by atoms with van der Waals surface area (Å²) in [5.74, 6) is -0.687. The van der Waals surface area contributed by atoms with E-state index in [1.54, 1.807) is 0 Å². The lowest BCUT2D eigenvalue weighted by Gasteiger charge is -1.96. The molecule has 0 radical (unpaired) electrons. The Morgan fingerprint density at radius 2 is 1.35 bits per heavy atom. The number of aliphatic carboxylic acids is 1. The summed E-state index contributed by atoms with van der Waals surface area (Å²) in [5, 5.41) is 8.49.